The third-order valence-electron chi connectivity index (χ3n) is 12.0. The molecule has 3 aliphatic heterocycles. The summed E-state index contributed by atoms with van der Waals surface area (Å²) in [6.45, 7) is 6.65. The molecule has 3 aromatic rings. The number of rotatable bonds is 14. The van der Waals surface area contributed by atoms with Crippen molar-refractivity contribution >= 4 is 51.9 Å². The number of nitrogens with one attached hydrogen (secondary N) is 5. The van der Waals surface area contributed by atoms with Gasteiger partial charge in [-0.1, -0.05) is 50.6 Å². The van der Waals surface area contributed by atoms with Crippen LogP contribution in [0.1, 0.15) is 84.3 Å². The molecule has 0 bridgehead atoms. The number of imidazole rings is 1. The number of carbonyl (C=O) groups is 6. The van der Waals surface area contributed by atoms with Gasteiger partial charge in [0, 0.05) is 43.6 Å². The quantitative estimate of drug-likeness (QED) is 0.0801. The van der Waals surface area contributed by atoms with Gasteiger partial charge in [-0.05, 0) is 87.1 Å². The lowest BCUT2D eigenvalue weighted by molar-refractivity contribution is -0.154. The Hall–Kier alpha value is -5.51. The molecule has 16 nitrogen and oxygen atoms in total. The van der Waals surface area contributed by atoms with Gasteiger partial charge in [-0.15, -0.1) is 0 Å². The lowest BCUT2D eigenvalue weighted by atomic mass is 9.92. The minimum atomic E-state index is -1.04. The average Bonchev–Trinajstić information content (AvgIpc) is 3.97. The van der Waals surface area contributed by atoms with Gasteiger partial charge in [0.15, 0.2) is 0 Å². The highest BCUT2D eigenvalue weighted by molar-refractivity contribution is 5.97. The van der Waals surface area contributed by atoms with Gasteiger partial charge < -0.3 is 35.6 Å². The number of hydrogen-bond acceptors (Lipinski definition) is 9. The molecule has 2 aromatic carbocycles. The number of nitrogens with two attached hydrogens (primary N) is 1. The van der Waals surface area contributed by atoms with E-state index in [-0.39, 0.29) is 30.1 Å². The number of anilines is 1. The number of H-pyrrole nitrogens is 1. The van der Waals surface area contributed by atoms with Gasteiger partial charge in [-0.25, -0.2) is 10.8 Å². The van der Waals surface area contributed by atoms with E-state index in [1.165, 1.54) is 11.2 Å². The Kier molecular flexibility index (Phi) is 14.0. The molecule has 7 N–H and O–H groups in total. The molecule has 58 heavy (non-hydrogen) atoms. The van der Waals surface area contributed by atoms with Crippen molar-refractivity contribution in [3.8, 4) is 0 Å². The molecule has 7 atom stereocenters. The summed E-state index contributed by atoms with van der Waals surface area (Å²) in [5, 5.41) is 11.3. The zero-order valence-electron chi connectivity index (χ0n) is 33.7. The van der Waals surface area contributed by atoms with Crippen LogP contribution in [0.15, 0.2) is 55.0 Å². The first-order valence-electron chi connectivity index (χ1n) is 20.8. The first-order chi connectivity index (χ1) is 28.0. The summed E-state index contributed by atoms with van der Waals surface area (Å²) >= 11 is 0. The molecular formula is C42H58N10O6. The highest BCUT2D eigenvalue weighted by Gasteiger charge is 2.44. The zero-order valence-corrected chi connectivity index (χ0v) is 33.7. The molecule has 0 aliphatic carbocycles. The number of piperidine rings is 2. The molecule has 3 aliphatic rings. The van der Waals surface area contributed by atoms with Crippen molar-refractivity contribution in [3.05, 3.63) is 60.7 Å². The number of fused-ring (bicyclic) bond motifs is 1. The standard InChI is InChI=1S/C42H58N10O6/c1-4-26(2)36(48-37(53)27(3)46-30-18-17-28-12-5-6-13-29(28)22-30)42(58)52-20-10-8-15-35(52)41(57)51-19-9-7-14-33(51)38(54)47-32(23-31-24-44-25-45-31)40(56)50-21-11-16-34(50)39(55)49-43/h5-6,12-13,17-18,22,24-27,32-36,46H,4,7-11,14-16,19-21,23,43H2,1-3H3,(H,44,45)(H,47,54)(H,48,53)(H,49,55)/t26?,27-,32-,33+,34+,35-,36+/m1/s1. The summed E-state index contributed by atoms with van der Waals surface area (Å²) in [6, 6.07) is 8.88. The molecular weight excluding hydrogens is 741 g/mol. The molecule has 3 saturated heterocycles. The van der Waals surface area contributed by atoms with Gasteiger partial charge in [0.25, 0.3) is 5.91 Å². The molecule has 6 amide bonds. The fourth-order valence-electron chi connectivity index (χ4n) is 8.53. The van der Waals surface area contributed by atoms with E-state index < -0.39 is 54.0 Å². The number of carbonyl (C=O) groups excluding carboxylic acids is 6. The van der Waals surface area contributed by atoms with Crippen LogP contribution < -0.4 is 27.2 Å². The lowest BCUT2D eigenvalue weighted by Gasteiger charge is -2.43. The molecule has 6 rings (SSSR count). The third kappa shape index (κ3) is 9.60. The van der Waals surface area contributed by atoms with Gasteiger partial charge in [-0.2, -0.15) is 0 Å². The normalized spacial score (nSPS) is 21.7. The number of benzene rings is 2. The summed E-state index contributed by atoms with van der Waals surface area (Å²) in [5.41, 5.74) is 3.54. The summed E-state index contributed by atoms with van der Waals surface area (Å²) in [6.07, 6.45) is 8.47. The summed E-state index contributed by atoms with van der Waals surface area (Å²) in [4.78, 5) is 95.2. The van der Waals surface area contributed by atoms with Crippen LogP contribution in [0.25, 0.3) is 10.8 Å². The largest absolute Gasteiger partial charge is 0.374 e. The van der Waals surface area contributed by atoms with Crippen molar-refractivity contribution in [2.45, 2.75) is 121 Å². The Morgan fingerprint density at radius 3 is 2.16 bits per heavy atom. The Morgan fingerprint density at radius 1 is 0.793 bits per heavy atom. The van der Waals surface area contributed by atoms with Gasteiger partial charge >= 0.3 is 0 Å². The second kappa shape index (κ2) is 19.3. The van der Waals surface area contributed by atoms with Gasteiger partial charge in [0.05, 0.1) is 6.33 Å². The maximum atomic E-state index is 14.6. The van der Waals surface area contributed by atoms with Crippen LogP contribution in [-0.4, -0.2) is 116 Å². The van der Waals surface area contributed by atoms with Crippen LogP contribution in [-0.2, 0) is 35.2 Å². The maximum Gasteiger partial charge on any atom is 0.256 e. The Balaban J connectivity index is 1.16. The lowest BCUT2D eigenvalue weighted by Crippen LogP contribution is -2.63. The van der Waals surface area contributed by atoms with E-state index in [4.69, 9.17) is 5.84 Å². The predicted molar refractivity (Wildman–Crippen MR) is 218 cm³/mol. The maximum absolute atomic E-state index is 14.6. The molecule has 3 fully saturated rings. The van der Waals surface area contributed by atoms with Gasteiger partial charge in [0.1, 0.15) is 36.3 Å². The first-order valence-corrected chi connectivity index (χ1v) is 20.8. The van der Waals surface area contributed by atoms with E-state index in [0.717, 1.165) is 22.9 Å². The molecule has 0 saturated carbocycles. The average molecular weight is 799 g/mol. The van der Waals surface area contributed by atoms with Crippen molar-refractivity contribution < 1.29 is 28.8 Å². The highest BCUT2D eigenvalue weighted by Crippen LogP contribution is 2.27. The van der Waals surface area contributed by atoms with Crippen molar-refractivity contribution in [2.24, 2.45) is 11.8 Å². The topological polar surface area (TPSA) is 215 Å². The zero-order chi connectivity index (χ0) is 41.3. The number of likely N-dealkylation sites (tertiary alicyclic amines) is 3. The minimum absolute atomic E-state index is 0.0999. The monoisotopic (exact) mass is 798 g/mol. The number of aromatic amines is 1. The van der Waals surface area contributed by atoms with Crippen molar-refractivity contribution in [3.63, 3.8) is 0 Å². The van der Waals surface area contributed by atoms with E-state index in [2.05, 4.69) is 31.3 Å². The molecule has 0 radical (unpaired) electrons. The van der Waals surface area contributed by atoms with Crippen molar-refractivity contribution in [2.75, 3.05) is 25.0 Å². The smallest absolute Gasteiger partial charge is 0.256 e. The van der Waals surface area contributed by atoms with Crippen LogP contribution >= 0.6 is 0 Å². The Bertz CT molecular complexity index is 1940. The summed E-state index contributed by atoms with van der Waals surface area (Å²) < 4.78 is 0. The SMILES string of the molecule is CCC(C)[C@H](NC(=O)[C@@H](C)Nc1ccc2ccccc2c1)C(=O)N1CCCC[C@@H]1C(=O)N1CCCC[C@H]1C(=O)N[C@H](Cc1cnc[nH]1)C(=O)N1CCC[C@H]1C(=O)NN. The number of amides is 6. The van der Waals surface area contributed by atoms with Crippen molar-refractivity contribution in [1.82, 2.24) is 40.7 Å². The molecule has 16 heteroatoms. The van der Waals surface area contributed by atoms with E-state index in [9.17, 15) is 28.8 Å². The molecule has 1 aromatic heterocycles. The molecule has 312 valence electrons. The van der Waals surface area contributed by atoms with Crippen LogP contribution in [0.2, 0.25) is 0 Å². The van der Waals surface area contributed by atoms with Crippen LogP contribution in [0.5, 0.6) is 0 Å². The fourth-order valence-corrected chi connectivity index (χ4v) is 8.53. The van der Waals surface area contributed by atoms with Gasteiger partial charge in [-0.3, -0.25) is 34.2 Å². The van der Waals surface area contributed by atoms with E-state index >= 15 is 0 Å². The summed E-state index contributed by atoms with van der Waals surface area (Å²) in [7, 11) is 0. The molecule has 0 spiro atoms. The molecule has 1 unspecified atom stereocenters. The van der Waals surface area contributed by atoms with E-state index in [1.807, 2.05) is 56.3 Å². The minimum Gasteiger partial charge on any atom is -0.374 e. The Morgan fingerprint density at radius 2 is 1.45 bits per heavy atom. The predicted octanol–water partition coefficient (Wildman–Crippen LogP) is 2.36. The van der Waals surface area contributed by atoms with Crippen LogP contribution in [0.3, 0.4) is 0 Å². The first kappa shape index (κ1) is 42.1. The van der Waals surface area contributed by atoms with Crippen LogP contribution in [0.4, 0.5) is 5.69 Å². The molecule has 4 heterocycles. The second-order valence-electron chi connectivity index (χ2n) is 15.9. The fraction of sp³-hybridized carbons (Fsp3) is 0.548. The highest BCUT2D eigenvalue weighted by atomic mass is 16.2. The van der Waals surface area contributed by atoms with E-state index in [0.29, 0.717) is 76.7 Å². The third-order valence-corrected chi connectivity index (χ3v) is 12.0. The van der Waals surface area contributed by atoms with Crippen LogP contribution in [0, 0.1) is 5.92 Å². The number of hydrazine groups is 1. The number of hydrogen-bond donors (Lipinski definition) is 6. The van der Waals surface area contributed by atoms with Gasteiger partial charge in [0.2, 0.25) is 29.5 Å². The summed E-state index contributed by atoms with van der Waals surface area (Å²) in [5.74, 6) is 2.86. The number of nitrogens with zero attached hydrogens (tertiary/aromatic N) is 4. The van der Waals surface area contributed by atoms with E-state index in [1.54, 1.807) is 22.9 Å². The second-order valence-corrected chi connectivity index (χ2v) is 15.9. The van der Waals surface area contributed by atoms with Crippen molar-refractivity contribution in [1.29, 1.82) is 0 Å². The Labute approximate surface area is 339 Å². The number of aromatic nitrogens is 2.